The van der Waals surface area contributed by atoms with Crippen LogP contribution in [0.4, 0.5) is 0 Å². The number of aromatic nitrogens is 4. The highest BCUT2D eigenvalue weighted by molar-refractivity contribution is 7.98. The van der Waals surface area contributed by atoms with Gasteiger partial charge in [0.2, 0.25) is 0 Å². The minimum atomic E-state index is -0.225. The van der Waals surface area contributed by atoms with E-state index in [1.807, 2.05) is 47.6 Å². The number of rotatable bonds is 8. The Balaban J connectivity index is 1.32. The van der Waals surface area contributed by atoms with Crippen molar-refractivity contribution in [2.45, 2.75) is 37.8 Å². The Morgan fingerprint density at radius 1 is 1.16 bits per heavy atom. The van der Waals surface area contributed by atoms with Crippen molar-refractivity contribution < 1.29 is 9.21 Å². The van der Waals surface area contributed by atoms with Crippen LogP contribution in [0.2, 0.25) is 0 Å². The van der Waals surface area contributed by atoms with Gasteiger partial charge in [0.15, 0.2) is 10.9 Å². The van der Waals surface area contributed by atoms with Gasteiger partial charge in [0, 0.05) is 31.7 Å². The van der Waals surface area contributed by atoms with Gasteiger partial charge in [-0.15, -0.1) is 0 Å². The summed E-state index contributed by atoms with van der Waals surface area (Å²) in [5.74, 6) is 1.45. The summed E-state index contributed by atoms with van der Waals surface area (Å²) >= 11 is 1.57. The molecule has 0 aliphatic carbocycles. The smallest absolute Gasteiger partial charge is 0.287 e. The molecule has 0 radical (unpaired) electrons. The molecule has 0 atom stereocenters. The molecule has 0 bridgehead atoms. The summed E-state index contributed by atoms with van der Waals surface area (Å²) in [4.78, 5) is 16.8. The second-order valence-corrected chi connectivity index (χ2v) is 8.41. The monoisotopic (exact) mass is 435 g/mol. The number of imidazole rings is 1. The molecule has 0 saturated carbocycles. The molecule has 3 aromatic heterocycles. The molecule has 1 N–H and O–H groups in total. The van der Waals surface area contributed by atoms with Crippen molar-refractivity contribution in [2.24, 2.45) is 7.05 Å². The van der Waals surface area contributed by atoms with Gasteiger partial charge in [-0.05, 0) is 43.2 Å². The SMILES string of the molecule is Cc1cc(C)n(Cc2cccc(CNC(=O)c3ccc(CSc4nccn4C)o3)c2)n1. The molecule has 1 aromatic carbocycles. The molecule has 8 heteroatoms. The summed E-state index contributed by atoms with van der Waals surface area (Å²) in [7, 11) is 1.95. The maximum Gasteiger partial charge on any atom is 0.287 e. The number of nitrogens with one attached hydrogen (secondary N) is 1. The molecule has 4 rings (SSSR count). The summed E-state index contributed by atoms with van der Waals surface area (Å²) in [6.45, 7) is 5.18. The molecule has 1 amide bonds. The number of hydrogen-bond acceptors (Lipinski definition) is 5. The molecule has 4 aromatic rings. The quantitative estimate of drug-likeness (QED) is 0.422. The van der Waals surface area contributed by atoms with Crippen LogP contribution in [0, 0.1) is 13.8 Å². The van der Waals surface area contributed by atoms with Crippen molar-refractivity contribution in [3.63, 3.8) is 0 Å². The van der Waals surface area contributed by atoms with E-state index in [1.54, 1.807) is 24.0 Å². The Kier molecular flexibility index (Phi) is 6.27. The van der Waals surface area contributed by atoms with Crippen molar-refractivity contribution in [3.05, 3.63) is 88.9 Å². The zero-order valence-electron chi connectivity index (χ0n) is 17.8. The first-order valence-electron chi connectivity index (χ1n) is 10.0. The third-order valence-corrected chi connectivity index (χ3v) is 5.97. The van der Waals surface area contributed by atoms with Crippen LogP contribution in [0.25, 0.3) is 0 Å². The predicted octanol–water partition coefficient (Wildman–Crippen LogP) is 4.10. The number of furan rings is 1. The summed E-state index contributed by atoms with van der Waals surface area (Å²) in [6.07, 6.45) is 3.66. The topological polar surface area (TPSA) is 77.9 Å². The number of benzene rings is 1. The molecule has 0 aliphatic heterocycles. The van der Waals surface area contributed by atoms with Gasteiger partial charge in [0.1, 0.15) is 5.76 Å². The van der Waals surface area contributed by atoms with Crippen LogP contribution < -0.4 is 5.32 Å². The third-order valence-electron chi connectivity index (χ3n) is 4.89. The molecule has 0 spiro atoms. The molecule has 7 nitrogen and oxygen atoms in total. The fourth-order valence-electron chi connectivity index (χ4n) is 3.32. The van der Waals surface area contributed by atoms with E-state index in [2.05, 4.69) is 40.5 Å². The molecular weight excluding hydrogens is 410 g/mol. The number of aryl methyl sites for hydroxylation is 3. The standard InChI is InChI=1S/C23H25N5O2S/c1-16-11-17(2)28(26-16)14-19-6-4-5-18(12-19)13-25-22(29)21-8-7-20(30-21)15-31-23-24-9-10-27(23)3/h4-12H,13-15H2,1-3H3,(H,25,29). The molecule has 160 valence electrons. The first-order valence-corrected chi connectivity index (χ1v) is 11.0. The molecule has 31 heavy (non-hydrogen) atoms. The number of nitrogens with zero attached hydrogens (tertiary/aromatic N) is 4. The molecule has 0 saturated heterocycles. The zero-order valence-corrected chi connectivity index (χ0v) is 18.6. The lowest BCUT2D eigenvalue weighted by Crippen LogP contribution is -2.22. The van der Waals surface area contributed by atoms with Crippen molar-refractivity contribution in [1.29, 1.82) is 0 Å². The molecule has 3 heterocycles. The van der Waals surface area contributed by atoms with Crippen LogP contribution in [0.1, 0.15) is 38.8 Å². The van der Waals surface area contributed by atoms with Crippen molar-refractivity contribution in [2.75, 3.05) is 0 Å². The van der Waals surface area contributed by atoms with Gasteiger partial charge in [-0.3, -0.25) is 9.48 Å². The van der Waals surface area contributed by atoms with E-state index in [1.165, 1.54) is 0 Å². The number of hydrogen-bond donors (Lipinski definition) is 1. The van der Waals surface area contributed by atoms with Crippen LogP contribution in [-0.2, 0) is 25.9 Å². The lowest BCUT2D eigenvalue weighted by molar-refractivity contribution is 0.0921. The largest absolute Gasteiger partial charge is 0.455 e. The Hall–Kier alpha value is -3.26. The van der Waals surface area contributed by atoms with Crippen molar-refractivity contribution in [3.8, 4) is 0 Å². The van der Waals surface area contributed by atoms with E-state index < -0.39 is 0 Å². The summed E-state index contributed by atoms with van der Waals surface area (Å²) in [5, 5.41) is 8.36. The Labute approximate surface area is 185 Å². The van der Waals surface area contributed by atoms with E-state index >= 15 is 0 Å². The third kappa shape index (κ3) is 5.27. The predicted molar refractivity (Wildman–Crippen MR) is 120 cm³/mol. The molecule has 0 fully saturated rings. The number of thioether (sulfide) groups is 1. The Bertz CT molecular complexity index is 1190. The normalized spacial score (nSPS) is 11.1. The van der Waals surface area contributed by atoms with Crippen LogP contribution in [0.3, 0.4) is 0 Å². The molecular formula is C23H25N5O2S. The first-order chi connectivity index (χ1) is 15.0. The van der Waals surface area contributed by atoms with Gasteiger partial charge in [-0.25, -0.2) is 4.98 Å². The van der Waals surface area contributed by atoms with Crippen molar-refractivity contribution >= 4 is 17.7 Å². The average molecular weight is 436 g/mol. The fraction of sp³-hybridized carbons (Fsp3) is 0.261. The molecule has 0 aliphatic rings. The van der Waals surface area contributed by atoms with Crippen LogP contribution in [0.15, 0.2) is 64.4 Å². The highest BCUT2D eigenvalue weighted by atomic mass is 32.2. The van der Waals surface area contributed by atoms with E-state index in [0.717, 1.165) is 33.4 Å². The van der Waals surface area contributed by atoms with Crippen molar-refractivity contribution in [1.82, 2.24) is 24.6 Å². The maximum atomic E-state index is 12.5. The number of carbonyl (C=O) groups excluding carboxylic acids is 1. The summed E-state index contributed by atoms with van der Waals surface area (Å²) in [6, 6.07) is 13.8. The van der Waals surface area contributed by atoms with Crippen LogP contribution in [0.5, 0.6) is 0 Å². The minimum Gasteiger partial charge on any atom is -0.455 e. The second-order valence-electron chi connectivity index (χ2n) is 7.46. The summed E-state index contributed by atoms with van der Waals surface area (Å²) in [5.41, 5.74) is 4.32. The maximum absolute atomic E-state index is 12.5. The van der Waals surface area contributed by atoms with Crippen LogP contribution in [-0.4, -0.2) is 25.2 Å². The lowest BCUT2D eigenvalue weighted by Gasteiger charge is -2.08. The van der Waals surface area contributed by atoms with Gasteiger partial charge in [0.25, 0.3) is 5.91 Å². The van der Waals surface area contributed by atoms with E-state index in [4.69, 9.17) is 4.42 Å². The fourth-order valence-corrected chi connectivity index (χ4v) is 4.15. The van der Waals surface area contributed by atoms with Gasteiger partial charge < -0.3 is 14.3 Å². The minimum absolute atomic E-state index is 0.225. The first kappa shape index (κ1) is 21.0. The Morgan fingerprint density at radius 2 is 2.00 bits per heavy atom. The second kappa shape index (κ2) is 9.26. The van der Waals surface area contributed by atoms with Gasteiger partial charge in [0.05, 0.1) is 18.0 Å². The van der Waals surface area contributed by atoms with Crippen LogP contribution >= 0.6 is 11.8 Å². The lowest BCUT2D eigenvalue weighted by atomic mass is 10.1. The highest BCUT2D eigenvalue weighted by Gasteiger charge is 2.12. The number of carbonyl (C=O) groups is 1. The van der Waals surface area contributed by atoms with E-state index in [-0.39, 0.29) is 5.91 Å². The molecule has 0 unspecified atom stereocenters. The van der Waals surface area contributed by atoms with Gasteiger partial charge in [-0.2, -0.15) is 5.10 Å². The van der Waals surface area contributed by atoms with Gasteiger partial charge in [-0.1, -0.05) is 36.0 Å². The average Bonchev–Trinajstić information content (AvgIpc) is 3.46. The van der Waals surface area contributed by atoms with E-state index in [0.29, 0.717) is 24.6 Å². The highest BCUT2D eigenvalue weighted by Crippen LogP contribution is 2.22. The van der Waals surface area contributed by atoms with E-state index in [9.17, 15) is 4.79 Å². The zero-order chi connectivity index (χ0) is 21.8. The Morgan fingerprint density at radius 3 is 2.74 bits per heavy atom. The summed E-state index contributed by atoms with van der Waals surface area (Å²) < 4.78 is 9.64. The number of amides is 1. The van der Waals surface area contributed by atoms with Gasteiger partial charge >= 0.3 is 0 Å².